The highest BCUT2D eigenvalue weighted by Gasteiger charge is 2.29. The Morgan fingerprint density at radius 2 is 2.29 bits per heavy atom. The van der Waals surface area contributed by atoms with Crippen LogP contribution >= 0.6 is 0 Å². The Balaban J connectivity index is 2.51. The Kier molecular flexibility index (Phi) is 6.52. The molecule has 17 heavy (non-hydrogen) atoms. The maximum Gasteiger partial charge on any atom is 0.320 e. The fraction of sp³-hybridized carbons (Fsp3) is 0.923. The average Bonchev–Trinajstić information content (AvgIpc) is 2.30. The van der Waals surface area contributed by atoms with Gasteiger partial charge in [-0.15, -0.1) is 0 Å². The summed E-state index contributed by atoms with van der Waals surface area (Å²) >= 11 is 0. The third kappa shape index (κ3) is 4.64. The lowest BCUT2D eigenvalue weighted by Gasteiger charge is -2.36. The van der Waals surface area contributed by atoms with Gasteiger partial charge in [0.05, 0.1) is 6.10 Å². The van der Waals surface area contributed by atoms with Gasteiger partial charge in [0.25, 0.3) is 0 Å². The second-order valence-electron chi connectivity index (χ2n) is 4.71. The van der Waals surface area contributed by atoms with Crippen molar-refractivity contribution in [2.75, 3.05) is 19.7 Å². The lowest BCUT2D eigenvalue weighted by molar-refractivity contribution is -0.145. The predicted octanol–water partition coefficient (Wildman–Crippen LogP) is 2.13. The molecular formula is C13H25NO3. The molecule has 0 radical (unpaired) electrons. The second-order valence-corrected chi connectivity index (χ2v) is 4.71. The topological polar surface area (TPSA) is 49.8 Å². The van der Waals surface area contributed by atoms with Crippen LogP contribution in [0.3, 0.4) is 0 Å². The summed E-state index contributed by atoms with van der Waals surface area (Å²) in [6.07, 6.45) is 5.10. The molecule has 0 aromatic carbocycles. The van der Waals surface area contributed by atoms with Gasteiger partial charge in [0, 0.05) is 13.2 Å². The monoisotopic (exact) mass is 243 g/mol. The van der Waals surface area contributed by atoms with Gasteiger partial charge in [-0.3, -0.25) is 9.69 Å². The molecule has 1 aliphatic heterocycles. The average molecular weight is 243 g/mol. The summed E-state index contributed by atoms with van der Waals surface area (Å²) in [5.41, 5.74) is 0. The first kappa shape index (κ1) is 14.5. The van der Waals surface area contributed by atoms with Crippen LogP contribution in [0.4, 0.5) is 0 Å². The number of hydrogen-bond donors (Lipinski definition) is 1. The Morgan fingerprint density at radius 3 is 2.88 bits per heavy atom. The summed E-state index contributed by atoms with van der Waals surface area (Å²) in [7, 11) is 0. The minimum atomic E-state index is -0.685. The van der Waals surface area contributed by atoms with E-state index in [0.717, 1.165) is 45.2 Å². The van der Waals surface area contributed by atoms with Gasteiger partial charge in [-0.25, -0.2) is 0 Å². The molecular weight excluding hydrogens is 218 g/mol. The summed E-state index contributed by atoms with van der Waals surface area (Å²) in [5.74, 6) is -0.685. The normalized spacial score (nSPS) is 23.5. The molecule has 2 unspecified atom stereocenters. The van der Waals surface area contributed by atoms with Crippen LogP contribution in [-0.2, 0) is 9.53 Å². The van der Waals surface area contributed by atoms with Crippen molar-refractivity contribution in [3.8, 4) is 0 Å². The van der Waals surface area contributed by atoms with Crippen LogP contribution in [0.1, 0.15) is 46.0 Å². The van der Waals surface area contributed by atoms with Gasteiger partial charge >= 0.3 is 5.97 Å². The molecule has 1 rings (SSSR count). The van der Waals surface area contributed by atoms with Crippen molar-refractivity contribution in [1.82, 2.24) is 4.90 Å². The molecule has 0 aromatic heterocycles. The van der Waals surface area contributed by atoms with Gasteiger partial charge in [-0.2, -0.15) is 0 Å². The third-order valence-electron chi connectivity index (χ3n) is 3.37. The van der Waals surface area contributed by atoms with E-state index in [0.29, 0.717) is 6.61 Å². The lowest BCUT2D eigenvalue weighted by Crippen LogP contribution is -2.48. The SMILES string of the molecule is CCCCC(C(=O)O)N1CCCC(OCC)C1. The summed E-state index contributed by atoms with van der Waals surface area (Å²) in [4.78, 5) is 13.4. The molecule has 1 aliphatic rings. The fourth-order valence-electron chi connectivity index (χ4n) is 2.48. The zero-order valence-electron chi connectivity index (χ0n) is 11.0. The highest BCUT2D eigenvalue weighted by atomic mass is 16.5. The predicted molar refractivity (Wildman–Crippen MR) is 67.2 cm³/mol. The van der Waals surface area contributed by atoms with Crippen LogP contribution in [0.5, 0.6) is 0 Å². The van der Waals surface area contributed by atoms with E-state index in [1.54, 1.807) is 0 Å². The number of hydrogen-bond acceptors (Lipinski definition) is 3. The van der Waals surface area contributed by atoms with Gasteiger partial charge in [0.1, 0.15) is 6.04 Å². The van der Waals surface area contributed by atoms with Crippen molar-refractivity contribution in [3.05, 3.63) is 0 Å². The Labute approximate surface area is 104 Å². The number of nitrogens with zero attached hydrogens (tertiary/aromatic N) is 1. The van der Waals surface area contributed by atoms with E-state index < -0.39 is 5.97 Å². The van der Waals surface area contributed by atoms with Crippen LogP contribution in [0.15, 0.2) is 0 Å². The molecule has 4 heteroatoms. The van der Waals surface area contributed by atoms with E-state index in [1.807, 2.05) is 6.92 Å². The van der Waals surface area contributed by atoms with Crippen molar-refractivity contribution in [1.29, 1.82) is 0 Å². The number of unbranched alkanes of at least 4 members (excludes halogenated alkanes) is 1. The van der Waals surface area contributed by atoms with Crippen LogP contribution in [-0.4, -0.2) is 47.8 Å². The Hall–Kier alpha value is -0.610. The second kappa shape index (κ2) is 7.67. The van der Waals surface area contributed by atoms with Crippen LogP contribution in [0.2, 0.25) is 0 Å². The number of carboxylic acid groups (broad SMARTS) is 1. The molecule has 1 N–H and O–H groups in total. The van der Waals surface area contributed by atoms with Crippen molar-refractivity contribution < 1.29 is 14.6 Å². The Bertz CT molecular complexity index is 231. The zero-order valence-corrected chi connectivity index (χ0v) is 11.0. The zero-order chi connectivity index (χ0) is 12.7. The molecule has 1 saturated heterocycles. The number of aliphatic carboxylic acids is 1. The first-order valence-electron chi connectivity index (χ1n) is 6.77. The molecule has 0 saturated carbocycles. The summed E-state index contributed by atoms with van der Waals surface area (Å²) in [5, 5.41) is 9.29. The van der Waals surface area contributed by atoms with Gasteiger partial charge < -0.3 is 9.84 Å². The minimum absolute atomic E-state index is 0.220. The van der Waals surface area contributed by atoms with Gasteiger partial charge in [-0.05, 0) is 32.7 Å². The molecule has 100 valence electrons. The van der Waals surface area contributed by atoms with E-state index in [1.165, 1.54) is 0 Å². The van der Waals surface area contributed by atoms with Crippen molar-refractivity contribution in [2.45, 2.75) is 58.1 Å². The van der Waals surface area contributed by atoms with Crippen molar-refractivity contribution in [3.63, 3.8) is 0 Å². The summed E-state index contributed by atoms with van der Waals surface area (Å²) < 4.78 is 5.61. The van der Waals surface area contributed by atoms with E-state index in [9.17, 15) is 9.90 Å². The number of piperidine rings is 1. The number of carboxylic acids is 1. The molecule has 0 bridgehead atoms. The third-order valence-corrected chi connectivity index (χ3v) is 3.37. The summed E-state index contributed by atoms with van der Waals surface area (Å²) in [6.45, 7) is 6.47. The van der Waals surface area contributed by atoms with Gasteiger partial charge in [0.15, 0.2) is 0 Å². The molecule has 0 aliphatic carbocycles. The minimum Gasteiger partial charge on any atom is -0.480 e. The largest absolute Gasteiger partial charge is 0.480 e. The van der Waals surface area contributed by atoms with Crippen LogP contribution in [0.25, 0.3) is 0 Å². The Morgan fingerprint density at radius 1 is 1.53 bits per heavy atom. The maximum absolute atomic E-state index is 11.3. The fourth-order valence-corrected chi connectivity index (χ4v) is 2.48. The molecule has 0 aromatic rings. The summed E-state index contributed by atoms with van der Waals surface area (Å²) in [6, 6.07) is -0.321. The van der Waals surface area contributed by atoms with Crippen LogP contribution < -0.4 is 0 Å². The van der Waals surface area contributed by atoms with E-state index >= 15 is 0 Å². The van der Waals surface area contributed by atoms with E-state index in [4.69, 9.17) is 4.74 Å². The van der Waals surface area contributed by atoms with Crippen LogP contribution in [0, 0.1) is 0 Å². The number of ether oxygens (including phenoxy) is 1. The standard InChI is InChI=1S/C13H25NO3/c1-3-5-8-12(13(15)16)14-9-6-7-11(10-14)17-4-2/h11-12H,3-10H2,1-2H3,(H,15,16). The van der Waals surface area contributed by atoms with Crippen molar-refractivity contribution >= 4 is 5.97 Å². The number of carbonyl (C=O) groups is 1. The van der Waals surface area contributed by atoms with Gasteiger partial charge in [0.2, 0.25) is 0 Å². The van der Waals surface area contributed by atoms with E-state index in [2.05, 4.69) is 11.8 Å². The van der Waals surface area contributed by atoms with Gasteiger partial charge in [-0.1, -0.05) is 19.8 Å². The highest BCUT2D eigenvalue weighted by molar-refractivity contribution is 5.73. The smallest absolute Gasteiger partial charge is 0.320 e. The number of rotatable bonds is 7. The molecule has 0 amide bonds. The molecule has 4 nitrogen and oxygen atoms in total. The first-order chi connectivity index (χ1) is 8.19. The highest BCUT2D eigenvalue weighted by Crippen LogP contribution is 2.18. The lowest BCUT2D eigenvalue weighted by atomic mass is 10.0. The molecule has 1 fully saturated rings. The quantitative estimate of drug-likeness (QED) is 0.744. The van der Waals surface area contributed by atoms with E-state index in [-0.39, 0.29) is 12.1 Å². The van der Waals surface area contributed by atoms with Crippen molar-refractivity contribution in [2.24, 2.45) is 0 Å². The molecule has 0 spiro atoms. The maximum atomic E-state index is 11.3. The molecule has 2 atom stereocenters. The number of likely N-dealkylation sites (tertiary alicyclic amines) is 1. The molecule has 1 heterocycles. The first-order valence-corrected chi connectivity index (χ1v) is 6.77.